The summed E-state index contributed by atoms with van der Waals surface area (Å²) < 4.78 is 5.66. The number of carbonyl (C=O) groups excluding carboxylic acids is 1. The SMILES string of the molecule is Cl.O=C1C(c2ccc3[nH]cnc3n2)OCCN1c1ccccc1. The Morgan fingerprint density at radius 2 is 2.00 bits per heavy atom. The Morgan fingerprint density at radius 3 is 2.83 bits per heavy atom. The van der Waals surface area contributed by atoms with E-state index in [0.29, 0.717) is 24.5 Å². The number of para-hydroxylation sites is 1. The van der Waals surface area contributed by atoms with Gasteiger partial charge in [0.1, 0.15) is 0 Å². The minimum atomic E-state index is -0.685. The molecule has 0 saturated carbocycles. The summed E-state index contributed by atoms with van der Waals surface area (Å²) in [5.41, 5.74) is 2.89. The molecule has 0 radical (unpaired) electrons. The highest BCUT2D eigenvalue weighted by atomic mass is 35.5. The molecule has 6 nitrogen and oxygen atoms in total. The van der Waals surface area contributed by atoms with Crippen LogP contribution in [0, 0.1) is 0 Å². The number of benzene rings is 1. The van der Waals surface area contributed by atoms with E-state index in [9.17, 15) is 4.79 Å². The van der Waals surface area contributed by atoms with Crippen molar-refractivity contribution in [3.63, 3.8) is 0 Å². The maximum atomic E-state index is 12.7. The third-order valence-electron chi connectivity index (χ3n) is 3.73. The van der Waals surface area contributed by atoms with Crippen LogP contribution < -0.4 is 4.90 Å². The second kappa shape index (κ2) is 6.36. The number of imidazole rings is 1. The third-order valence-corrected chi connectivity index (χ3v) is 3.73. The standard InChI is InChI=1S/C16H14N4O2.ClH/c21-16-14(12-6-7-13-15(19-12)18-10-17-13)22-9-8-20(16)11-4-2-1-3-5-11;/h1-7,10,14H,8-9H2,(H,17,18,19);1H. The second-order valence-electron chi connectivity index (χ2n) is 5.09. The number of morpholine rings is 1. The highest BCUT2D eigenvalue weighted by molar-refractivity contribution is 5.97. The molecule has 1 N–H and O–H groups in total. The average molecular weight is 331 g/mol. The first-order valence-electron chi connectivity index (χ1n) is 7.11. The summed E-state index contributed by atoms with van der Waals surface area (Å²) in [5, 5.41) is 0. The van der Waals surface area contributed by atoms with Crippen LogP contribution in [0.1, 0.15) is 11.8 Å². The number of ether oxygens (including phenoxy) is 1. The van der Waals surface area contributed by atoms with Crippen molar-refractivity contribution in [3.8, 4) is 0 Å². The number of hydrogen-bond acceptors (Lipinski definition) is 4. The number of hydrogen-bond donors (Lipinski definition) is 1. The Hall–Kier alpha value is -2.44. The molecule has 23 heavy (non-hydrogen) atoms. The number of H-pyrrole nitrogens is 1. The van der Waals surface area contributed by atoms with E-state index in [1.165, 1.54) is 0 Å². The van der Waals surface area contributed by atoms with Gasteiger partial charge in [0, 0.05) is 12.2 Å². The number of halogens is 1. The number of nitrogens with one attached hydrogen (secondary N) is 1. The molecule has 3 heterocycles. The summed E-state index contributed by atoms with van der Waals surface area (Å²) in [6.45, 7) is 1.02. The molecule has 1 aliphatic heterocycles. The first-order chi connectivity index (χ1) is 10.8. The highest BCUT2D eigenvalue weighted by Gasteiger charge is 2.32. The van der Waals surface area contributed by atoms with Crippen molar-refractivity contribution in [1.29, 1.82) is 0 Å². The van der Waals surface area contributed by atoms with Crippen molar-refractivity contribution in [2.24, 2.45) is 0 Å². The van der Waals surface area contributed by atoms with Gasteiger partial charge in [-0.3, -0.25) is 4.79 Å². The van der Waals surface area contributed by atoms with Crippen molar-refractivity contribution in [2.45, 2.75) is 6.10 Å². The lowest BCUT2D eigenvalue weighted by Gasteiger charge is -2.32. The molecule has 7 heteroatoms. The fourth-order valence-electron chi connectivity index (χ4n) is 2.64. The second-order valence-corrected chi connectivity index (χ2v) is 5.09. The third kappa shape index (κ3) is 2.78. The number of carbonyl (C=O) groups is 1. The molecule has 0 bridgehead atoms. The number of pyridine rings is 1. The number of anilines is 1. The fourth-order valence-corrected chi connectivity index (χ4v) is 2.64. The van der Waals surface area contributed by atoms with E-state index < -0.39 is 6.10 Å². The molecule has 1 aromatic carbocycles. The predicted octanol–water partition coefficient (Wildman–Crippen LogP) is 2.48. The number of amides is 1. The molecule has 1 aliphatic rings. The number of aromatic amines is 1. The van der Waals surface area contributed by atoms with Crippen LogP contribution >= 0.6 is 12.4 Å². The summed E-state index contributed by atoms with van der Waals surface area (Å²) in [5.74, 6) is -0.0974. The van der Waals surface area contributed by atoms with Crippen LogP contribution in [0.4, 0.5) is 5.69 Å². The van der Waals surface area contributed by atoms with E-state index in [1.54, 1.807) is 17.3 Å². The molecule has 1 fully saturated rings. The van der Waals surface area contributed by atoms with Gasteiger partial charge >= 0.3 is 0 Å². The van der Waals surface area contributed by atoms with Gasteiger partial charge in [0.05, 0.1) is 24.1 Å². The van der Waals surface area contributed by atoms with Crippen LogP contribution in [-0.4, -0.2) is 34.0 Å². The quantitative estimate of drug-likeness (QED) is 0.783. The Bertz CT molecular complexity index is 821. The normalized spacial score (nSPS) is 18.0. The van der Waals surface area contributed by atoms with Crippen LogP contribution in [-0.2, 0) is 9.53 Å². The van der Waals surface area contributed by atoms with Gasteiger partial charge in [0.2, 0.25) is 0 Å². The summed E-state index contributed by atoms with van der Waals surface area (Å²) in [6, 6.07) is 13.3. The molecule has 1 unspecified atom stereocenters. The van der Waals surface area contributed by atoms with Crippen LogP contribution in [0.3, 0.4) is 0 Å². The van der Waals surface area contributed by atoms with E-state index in [2.05, 4.69) is 15.0 Å². The van der Waals surface area contributed by atoms with Crippen LogP contribution in [0.25, 0.3) is 11.2 Å². The zero-order valence-corrected chi connectivity index (χ0v) is 13.0. The lowest BCUT2D eigenvalue weighted by molar-refractivity contribution is -0.134. The molecule has 2 aromatic heterocycles. The van der Waals surface area contributed by atoms with Crippen molar-refractivity contribution >= 4 is 35.2 Å². The minimum absolute atomic E-state index is 0. The molecule has 4 rings (SSSR count). The zero-order chi connectivity index (χ0) is 14.9. The average Bonchev–Trinajstić information content (AvgIpc) is 3.03. The molecule has 0 spiro atoms. The smallest absolute Gasteiger partial charge is 0.262 e. The van der Waals surface area contributed by atoms with Crippen LogP contribution in [0.2, 0.25) is 0 Å². The molecule has 1 atom stereocenters. The number of fused-ring (bicyclic) bond motifs is 1. The number of nitrogens with zero attached hydrogens (tertiary/aromatic N) is 3. The van der Waals surface area contributed by atoms with Crippen LogP contribution in [0.15, 0.2) is 48.8 Å². The largest absolute Gasteiger partial charge is 0.360 e. The number of rotatable bonds is 2. The monoisotopic (exact) mass is 330 g/mol. The summed E-state index contributed by atoms with van der Waals surface area (Å²) in [6.07, 6.45) is 0.899. The van der Waals surface area contributed by atoms with Gasteiger partial charge in [-0.05, 0) is 24.3 Å². The lowest BCUT2D eigenvalue weighted by atomic mass is 10.1. The van der Waals surface area contributed by atoms with E-state index in [1.807, 2.05) is 36.4 Å². The fraction of sp³-hybridized carbons (Fsp3) is 0.188. The molecular formula is C16H15ClN4O2. The van der Waals surface area contributed by atoms with E-state index in [4.69, 9.17) is 4.74 Å². The summed E-state index contributed by atoms with van der Waals surface area (Å²) >= 11 is 0. The number of aromatic nitrogens is 3. The summed E-state index contributed by atoms with van der Waals surface area (Å²) in [7, 11) is 0. The Morgan fingerprint density at radius 1 is 1.17 bits per heavy atom. The van der Waals surface area contributed by atoms with Gasteiger partial charge in [0.15, 0.2) is 11.8 Å². The Kier molecular flexibility index (Phi) is 4.27. The molecule has 3 aromatic rings. The van der Waals surface area contributed by atoms with Gasteiger partial charge in [-0.15, -0.1) is 12.4 Å². The molecule has 1 amide bonds. The summed E-state index contributed by atoms with van der Waals surface area (Å²) in [4.78, 5) is 26.0. The van der Waals surface area contributed by atoms with Gasteiger partial charge in [-0.1, -0.05) is 18.2 Å². The van der Waals surface area contributed by atoms with Gasteiger partial charge in [-0.25, -0.2) is 9.97 Å². The zero-order valence-electron chi connectivity index (χ0n) is 12.2. The lowest BCUT2D eigenvalue weighted by Crippen LogP contribution is -2.43. The van der Waals surface area contributed by atoms with Gasteiger partial charge in [0.25, 0.3) is 5.91 Å². The Balaban J connectivity index is 0.00000156. The van der Waals surface area contributed by atoms with Crippen molar-refractivity contribution < 1.29 is 9.53 Å². The maximum Gasteiger partial charge on any atom is 0.262 e. The minimum Gasteiger partial charge on any atom is -0.360 e. The van der Waals surface area contributed by atoms with E-state index in [-0.39, 0.29) is 18.3 Å². The van der Waals surface area contributed by atoms with Crippen molar-refractivity contribution in [1.82, 2.24) is 15.0 Å². The van der Waals surface area contributed by atoms with Crippen molar-refractivity contribution in [3.05, 3.63) is 54.5 Å². The van der Waals surface area contributed by atoms with Gasteiger partial charge < -0.3 is 14.6 Å². The van der Waals surface area contributed by atoms with Gasteiger partial charge in [-0.2, -0.15) is 0 Å². The molecular weight excluding hydrogens is 316 g/mol. The highest BCUT2D eigenvalue weighted by Crippen LogP contribution is 2.27. The maximum absolute atomic E-state index is 12.7. The van der Waals surface area contributed by atoms with E-state index in [0.717, 1.165) is 11.2 Å². The first-order valence-corrected chi connectivity index (χ1v) is 7.11. The molecule has 0 aliphatic carbocycles. The topological polar surface area (TPSA) is 71.1 Å². The van der Waals surface area contributed by atoms with E-state index >= 15 is 0 Å². The Labute approximate surface area is 138 Å². The predicted molar refractivity (Wildman–Crippen MR) is 88.6 cm³/mol. The molecule has 118 valence electrons. The molecule has 1 saturated heterocycles. The van der Waals surface area contributed by atoms with Crippen molar-refractivity contribution in [2.75, 3.05) is 18.1 Å². The van der Waals surface area contributed by atoms with Crippen LogP contribution in [0.5, 0.6) is 0 Å². The first kappa shape index (κ1) is 15.5.